The van der Waals surface area contributed by atoms with Gasteiger partial charge in [0, 0.05) is 43.0 Å². The highest BCUT2D eigenvalue weighted by Gasteiger charge is 2.23. The van der Waals surface area contributed by atoms with E-state index in [0.29, 0.717) is 38.2 Å². The predicted octanol–water partition coefficient (Wildman–Crippen LogP) is 2.76. The van der Waals surface area contributed by atoms with Crippen molar-refractivity contribution in [2.24, 2.45) is 0 Å². The lowest BCUT2D eigenvalue weighted by Gasteiger charge is -2.22. The maximum atomic E-state index is 12.6. The molecule has 0 spiro atoms. The van der Waals surface area contributed by atoms with Crippen molar-refractivity contribution in [3.8, 4) is 0 Å². The van der Waals surface area contributed by atoms with Crippen LogP contribution >= 0.6 is 15.9 Å². The van der Waals surface area contributed by atoms with Crippen molar-refractivity contribution in [3.05, 3.63) is 64.4 Å². The van der Waals surface area contributed by atoms with Crippen LogP contribution in [0.3, 0.4) is 0 Å². The smallest absolute Gasteiger partial charge is 0.255 e. The number of rotatable bonds is 3. The highest BCUT2D eigenvalue weighted by Crippen LogP contribution is 2.14. The van der Waals surface area contributed by atoms with Gasteiger partial charge >= 0.3 is 0 Å². The molecule has 0 atom stereocenters. The Morgan fingerprint density at radius 2 is 1.84 bits per heavy atom. The molecular weight excluding hydrogens is 382 g/mol. The zero-order valence-corrected chi connectivity index (χ0v) is 15.5. The summed E-state index contributed by atoms with van der Waals surface area (Å²) in [4.78, 5) is 32.8. The van der Waals surface area contributed by atoms with E-state index >= 15 is 0 Å². The fourth-order valence-electron chi connectivity index (χ4n) is 2.98. The van der Waals surface area contributed by atoms with E-state index in [2.05, 4.69) is 20.9 Å². The summed E-state index contributed by atoms with van der Waals surface area (Å²) in [6, 6.07) is 11.3. The quantitative estimate of drug-likeness (QED) is 0.794. The first kappa shape index (κ1) is 17.6. The van der Waals surface area contributed by atoms with Gasteiger partial charge in [-0.3, -0.25) is 14.6 Å². The molecule has 0 aliphatic carbocycles. The molecular formula is C19H20BrN3O2. The van der Waals surface area contributed by atoms with E-state index in [1.807, 2.05) is 34.1 Å². The zero-order chi connectivity index (χ0) is 17.6. The van der Waals surface area contributed by atoms with Crippen molar-refractivity contribution in [3.63, 3.8) is 0 Å². The second-order valence-corrected chi connectivity index (χ2v) is 6.99. The van der Waals surface area contributed by atoms with Crippen molar-refractivity contribution in [2.75, 3.05) is 26.2 Å². The molecule has 1 aliphatic heterocycles. The Bertz CT molecular complexity index is 751. The van der Waals surface area contributed by atoms with Crippen LogP contribution < -0.4 is 0 Å². The first-order valence-corrected chi connectivity index (χ1v) is 9.14. The Morgan fingerprint density at radius 3 is 2.60 bits per heavy atom. The van der Waals surface area contributed by atoms with Crippen molar-refractivity contribution < 1.29 is 9.59 Å². The fourth-order valence-corrected chi connectivity index (χ4v) is 3.42. The Balaban J connectivity index is 1.59. The van der Waals surface area contributed by atoms with Gasteiger partial charge in [0.1, 0.15) is 0 Å². The molecule has 2 heterocycles. The number of carbonyl (C=O) groups is 2. The average molecular weight is 402 g/mol. The van der Waals surface area contributed by atoms with Crippen LogP contribution in [0.2, 0.25) is 0 Å². The number of aromatic nitrogens is 1. The summed E-state index contributed by atoms with van der Waals surface area (Å²) in [5.41, 5.74) is 1.59. The molecule has 0 unspecified atom stereocenters. The Hall–Kier alpha value is -2.21. The first-order valence-electron chi connectivity index (χ1n) is 8.35. The number of pyridine rings is 1. The molecule has 0 bridgehead atoms. The average Bonchev–Trinajstić information content (AvgIpc) is 2.88. The molecule has 130 valence electrons. The molecule has 1 saturated heterocycles. The molecule has 0 saturated carbocycles. The maximum absolute atomic E-state index is 12.6. The minimum Gasteiger partial charge on any atom is -0.341 e. The third-order valence-electron chi connectivity index (χ3n) is 4.29. The predicted molar refractivity (Wildman–Crippen MR) is 99.2 cm³/mol. The standard InChI is InChI=1S/C19H20BrN3O2/c20-17-6-1-4-15(12-17)13-18(24)22-8-3-9-23(11-10-22)19(25)16-5-2-7-21-14-16/h1-2,4-7,12,14H,3,8-11,13H2. The first-order chi connectivity index (χ1) is 12.1. The SMILES string of the molecule is O=C(Cc1cccc(Br)c1)N1CCCN(C(=O)c2cccnc2)CC1. The minimum atomic E-state index is -0.0191. The summed E-state index contributed by atoms with van der Waals surface area (Å²) in [7, 11) is 0. The van der Waals surface area contributed by atoms with Gasteiger partial charge in [-0.2, -0.15) is 0 Å². The van der Waals surface area contributed by atoms with Crippen LogP contribution in [0, 0.1) is 0 Å². The van der Waals surface area contributed by atoms with E-state index in [4.69, 9.17) is 0 Å². The van der Waals surface area contributed by atoms with Crippen LogP contribution in [0.1, 0.15) is 22.3 Å². The van der Waals surface area contributed by atoms with Gasteiger partial charge in [-0.05, 0) is 36.2 Å². The third kappa shape index (κ3) is 4.66. The molecule has 1 fully saturated rings. The second kappa shape index (κ2) is 8.25. The number of nitrogens with zero attached hydrogens (tertiary/aromatic N) is 3. The second-order valence-electron chi connectivity index (χ2n) is 6.07. The highest BCUT2D eigenvalue weighted by atomic mass is 79.9. The third-order valence-corrected chi connectivity index (χ3v) is 4.78. The number of hydrogen-bond acceptors (Lipinski definition) is 3. The van der Waals surface area contributed by atoms with E-state index < -0.39 is 0 Å². The van der Waals surface area contributed by atoms with Crippen molar-refractivity contribution in [1.82, 2.24) is 14.8 Å². The summed E-state index contributed by atoms with van der Waals surface area (Å²) < 4.78 is 0.974. The van der Waals surface area contributed by atoms with Crippen LogP contribution in [-0.2, 0) is 11.2 Å². The number of carbonyl (C=O) groups excluding carboxylic acids is 2. The lowest BCUT2D eigenvalue weighted by Crippen LogP contribution is -2.38. The summed E-state index contributed by atoms with van der Waals surface area (Å²) in [5, 5.41) is 0. The molecule has 2 aromatic rings. The van der Waals surface area contributed by atoms with Gasteiger partial charge in [-0.15, -0.1) is 0 Å². The number of halogens is 1. The molecule has 1 aromatic heterocycles. The van der Waals surface area contributed by atoms with Gasteiger partial charge in [0.2, 0.25) is 5.91 Å². The van der Waals surface area contributed by atoms with E-state index in [9.17, 15) is 9.59 Å². The van der Waals surface area contributed by atoms with E-state index in [1.54, 1.807) is 24.5 Å². The zero-order valence-electron chi connectivity index (χ0n) is 13.9. The van der Waals surface area contributed by atoms with Crippen molar-refractivity contribution in [1.29, 1.82) is 0 Å². The van der Waals surface area contributed by atoms with E-state index in [-0.39, 0.29) is 11.8 Å². The molecule has 1 aromatic carbocycles. The van der Waals surface area contributed by atoms with Crippen LogP contribution in [-0.4, -0.2) is 52.8 Å². The molecule has 5 nitrogen and oxygen atoms in total. The topological polar surface area (TPSA) is 53.5 Å². The normalized spacial score (nSPS) is 14.9. The Kier molecular flexibility index (Phi) is 5.81. The van der Waals surface area contributed by atoms with Crippen LogP contribution in [0.4, 0.5) is 0 Å². The number of hydrogen-bond donors (Lipinski definition) is 0. The molecule has 3 rings (SSSR count). The number of amides is 2. The van der Waals surface area contributed by atoms with E-state index in [1.165, 1.54) is 0 Å². The van der Waals surface area contributed by atoms with Crippen molar-refractivity contribution in [2.45, 2.75) is 12.8 Å². The van der Waals surface area contributed by atoms with Crippen molar-refractivity contribution >= 4 is 27.7 Å². The molecule has 0 radical (unpaired) electrons. The van der Waals surface area contributed by atoms with Gasteiger partial charge in [-0.25, -0.2) is 0 Å². The Morgan fingerprint density at radius 1 is 1.04 bits per heavy atom. The van der Waals surface area contributed by atoms with E-state index in [0.717, 1.165) is 16.5 Å². The number of benzene rings is 1. The van der Waals surface area contributed by atoms with Gasteiger partial charge in [-0.1, -0.05) is 28.1 Å². The minimum absolute atomic E-state index is 0.0191. The molecule has 2 amide bonds. The lowest BCUT2D eigenvalue weighted by atomic mass is 10.1. The molecule has 1 aliphatic rings. The Labute approximate surface area is 155 Å². The van der Waals surface area contributed by atoms with Crippen LogP contribution in [0.25, 0.3) is 0 Å². The lowest BCUT2D eigenvalue weighted by molar-refractivity contribution is -0.130. The summed E-state index contributed by atoms with van der Waals surface area (Å²) in [5.74, 6) is 0.0863. The fraction of sp³-hybridized carbons (Fsp3) is 0.316. The molecule has 6 heteroatoms. The highest BCUT2D eigenvalue weighted by molar-refractivity contribution is 9.10. The largest absolute Gasteiger partial charge is 0.341 e. The summed E-state index contributed by atoms with van der Waals surface area (Å²) in [6.45, 7) is 2.47. The van der Waals surface area contributed by atoms with Gasteiger partial charge in [0.25, 0.3) is 5.91 Å². The van der Waals surface area contributed by atoms with Crippen LogP contribution in [0.15, 0.2) is 53.3 Å². The summed E-state index contributed by atoms with van der Waals surface area (Å²) in [6.07, 6.45) is 4.41. The van der Waals surface area contributed by atoms with Gasteiger partial charge in [0.05, 0.1) is 12.0 Å². The molecule has 0 N–H and O–H groups in total. The monoisotopic (exact) mass is 401 g/mol. The maximum Gasteiger partial charge on any atom is 0.255 e. The van der Waals surface area contributed by atoms with Gasteiger partial charge in [0.15, 0.2) is 0 Å². The van der Waals surface area contributed by atoms with Crippen LogP contribution in [0.5, 0.6) is 0 Å². The molecule has 25 heavy (non-hydrogen) atoms. The summed E-state index contributed by atoms with van der Waals surface area (Å²) >= 11 is 3.43. The van der Waals surface area contributed by atoms with Gasteiger partial charge < -0.3 is 9.80 Å².